The molecule has 3 aromatic rings. The van der Waals surface area contributed by atoms with Gasteiger partial charge < -0.3 is 11.1 Å². The van der Waals surface area contributed by atoms with Crippen LogP contribution in [0.1, 0.15) is 24.5 Å². The summed E-state index contributed by atoms with van der Waals surface area (Å²) in [5, 5.41) is 5.36. The lowest BCUT2D eigenvalue weighted by atomic mass is 9.89. The molecule has 0 aromatic heterocycles. The number of aliphatic imine (C=N–C) groups is 1. The van der Waals surface area contributed by atoms with E-state index in [0.717, 1.165) is 34.1 Å². The summed E-state index contributed by atoms with van der Waals surface area (Å²) < 4.78 is 14.4. The molecule has 0 spiro atoms. The fourth-order valence-corrected chi connectivity index (χ4v) is 4.64. The van der Waals surface area contributed by atoms with Crippen LogP contribution in [-0.4, -0.2) is 16.8 Å². The van der Waals surface area contributed by atoms with Crippen molar-refractivity contribution in [1.29, 1.82) is 0 Å². The maximum Gasteiger partial charge on any atom is 0.228 e. The predicted molar refractivity (Wildman–Crippen MR) is 119 cm³/mol. The van der Waals surface area contributed by atoms with Gasteiger partial charge in [-0.25, -0.2) is 4.39 Å². The summed E-state index contributed by atoms with van der Waals surface area (Å²) in [4.78, 5) is 17.2. The van der Waals surface area contributed by atoms with Gasteiger partial charge in [-0.3, -0.25) is 9.79 Å². The van der Waals surface area contributed by atoms with Gasteiger partial charge in [0.1, 0.15) is 5.82 Å². The Labute approximate surface area is 173 Å². The molecule has 1 heterocycles. The Kier molecular flexibility index (Phi) is 5.28. The fourth-order valence-electron chi connectivity index (χ4n) is 3.66. The molecule has 1 aliphatic heterocycles. The molecular weight excluding hydrogens is 385 g/mol. The number of halogens is 1. The summed E-state index contributed by atoms with van der Waals surface area (Å²) in [6.07, 6.45) is 0.970. The molecule has 0 aliphatic carbocycles. The highest BCUT2D eigenvalue weighted by molar-refractivity contribution is 8.13. The van der Waals surface area contributed by atoms with Gasteiger partial charge in [0.25, 0.3) is 0 Å². The third kappa shape index (κ3) is 4.12. The fraction of sp³-hybridized carbons (Fsp3) is 0.217. The molecule has 0 radical (unpaired) electrons. The van der Waals surface area contributed by atoms with Crippen LogP contribution in [0.2, 0.25) is 0 Å². The number of thioether (sulfide) groups is 1. The summed E-state index contributed by atoms with van der Waals surface area (Å²) in [6.45, 7) is 1.98. The van der Waals surface area contributed by atoms with E-state index in [1.807, 2.05) is 49.4 Å². The largest absolute Gasteiger partial charge is 0.379 e. The van der Waals surface area contributed by atoms with E-state index in [2.05, 4.69) is 10.3 Å². The second-order valence-corrected chi connectivity index (χ2v) is 8.50. The maximum absolute atomic E-state index is 14.4. The van der Waals surface area contributed by atoms with Gasteiger partial charge in [-0.1, -0.05) is 60.3 Å². The Morgan fingerprint density at radius 3 is 2.83 bits per heavy atom. The minimum atomic E-state index is -0.516. The summed E-state index contributed by atoms with van der Waals surface area (Å²) in [5.74, 6) is 0.127. The van der Waals surface area contributed by atoms with Crippen LogP contribution < -0.4 is 11.1 Å². The first-order valence-corrected chi connectivity index (χ1v) is 10.5. The number of nitrogens with two attached hydrogens (primary N) is 1. The number of hydrogen-bond donors (Lipinski definition) is 2. The lowest BCUT2D eigenvalue weighted by molar-refractivity contribution is -0.115. The molecule has 1 unspecified atom stereocenters. The van der Waals surface area contributed by atoms with E-state index in [9.17, 15) is 9.18 Å². The van der Waals surface area contributed by atoms with Crippen LogP contribution in [0.4, 0.5) is 10.1 Å². The first-order chi connectivity index (χ1) is 13.9. The van der Waals surface area contributed by atoms with Gasteiger partial charge >= 0.3 is 0 Å². The van der Waals surface area contributed by atoms with E-state index >= 15 is 0 Å². The van der Waals surface area contributed by atoms with Gasteiger partial charge in [0.2, 0.25) is 5.91 Å². The van der Waals surface area contributed by atoms with Crippen LogP contribution in [0, 0.1) is 5.82 Å². The van der Waals surface area contributed by atoms with Gasteiger partial charge in [0, 0.05) is 5.75 Å². The Balaban J connectivity index is 1.57. The van der Waals surface area contributed by atoms with Crippen molar-refractivity contribution in [2.75, 3.05) is 11.1 Å². The van der Waals surface area contributed by atoms with Crippen LogP contribution in [0.3, 0.4) is 0 Å². The average molecular weight is 408 g/mol. The van der Waals surface area contributed by atoms with E-state index in [0.29, 0.717) is 5.17 Å². The van der Waals surface area contributed by atoms with E-state index in [1.54, 1.807) is 12.1 Å². The van der Waals surface area contributed by atoms with Crippen LogP contribution in [-0.2, 0) is 16.8 Å². The van der Waals surface area contributed by atoms with Gasteiger partial charge in [0.05, 0.1) is 17.6 Å². The zero-order valence-corrected chi connectivity index (χ0v) is 16.9. The summed E-state index contributed by atoms with van der Waals surface area (Å²) in [6, 6.07) is 18.5. The number of hydrogen-bond acceptors (Lipinski definition) is 4. The highest BCUT2D eigenvalue weighted by Gasteiger charge is 2.30. The Hall–Kier alpha value is -2.86. The zero-order valence-electron chi connectivity index (χ0n) is 16.1. The Bertz CT molecular complexity index is 1110. The molecule has 1 amide bonds. The molecule has 0 saturated carbocycles. The molecular formula is C23H22FN3OS. The number of benzene rings is 3. The summed E-state index contributed by atoms with van der Waals surface area (Å²) >= 11 is 1.52. The number of amides is 1. The van der Waals surface area contributed by atoms with E-state index in [1.165, 1.54) is 17.8 Å². The normalized spacial score (nSPS) is 19.0. The first-order valence-electron chi connectivity index (χ1n) is 9.49. The molecule has 6 heteroatoms. The maximum atomic E-state index is 14.4. The smallest absolute Gasteiger partial charge is 0.228 e. The molecule has 3 aromatic carbocycles. The van der Waals surface area contributed by atoms with Crippen molar-refractivity contribution < 1.29 is 9.18 Å². The minimum absolute atomic E-state index is 0.168. The van der Waals surface area contributed by atoms with Gasteiger partial charge in [-0.15, -0.1) is 0 Å². The lowest BCUT2D eigenvalue weighted by Crippen LogP contribution is -2.29. The number of nitrogens with zero attached hydrogens (tertiary/aromatic N) is 1. The Morgan fingerprint density at radius 1 is 1.21 bits per heavy atom. The van der Waals surface area contributed by atoms with Gasteiger partial charge in [-0.2, -0.15) is 0 Å². The molecule has 0 saturated heterocycles. The molecule has 4 nitrogen and oxygen atoms in total. The quantitative estimate of drug-likeness (QED) is 0.651. The molecule has 1 atom stereocenters. The third-order valence-corrected chi connectivity index (χ3v) is 6.08. The van der Waals surface area contributed by atoms with Crippen molar-refractivity contribution in [1.82, 2.24) is 0 Å². The van der Waals surface area contributed by atoms with Gasteiger partial charge in [0.15, 0.2) is 5.17 Å². The van der Waals surface area contributed by atoms with Gasteiger partial charge in [-0.05, 0) is 47.4 Å². The summed E-state index contributed by atoms with van der Waals surface area (Å²) in [7, 11) is 0. The van der Waals surface area contributed by atoms with E-state index in [4.69, 9.17) is 5.73 Å². The first kappa shape index (κ1) is 19.5. The number of nitrogens with one attached hydrogen (secondary N) is 1. The third-order valence-electron chi connectivity index (χ3n) is 5.29. The van der Waals surface area contributed by atoms with E-state index in [-0.39, 0.29) is 18.0 Å². The summed E-state index contributed by atoms with van der Waals surface area (Å²) in [5.41, 5.74) is 7.29. The standard InChI is InChI=1S/C23H22FN3OS/c1-23(11-12-29-22(25)27-23)17-9-10-19(24)20(14-17)26-21(28)13-16-7-4-6-15-5-2-3-8-18(15)16/h2-10,14H,11-13H2,1H3,(H2,25,27)(H,26,28). The molecule has 0 bridgehead atoms. The molecule has 3 N–H and O–H groups in total. The zero-order chi connectivity index (χ0) is 20.4. The number of rotatable bonds is 4. The molecule has 1 aliphatic rings. The lowest BCUT2D eigenvalue weighted by Gasteiger charge is -2.30. The van der Waals surface area contributed by atoms with Crippen molar-refractivity contribution in [3.63, 3.8) is 0 Å². The Morgan fingerprint density at radius 2 is 2.00 bits per heavy atom. The van der Waals surface area contributed by atoms with E-state index < -0.39 is 11.4 Å². The number of amidine groups is 1. The highest BCUT2D eigenvalue weighted by atomic mass is 32.2. The van der Waals surface area contributed by atoms with Crippen molar-refractivity contribution >= 4 is 39.3 Å². The van der Waals surface area contributed by atoms with Crippen molar-refractivity contribution in [3.05, 3.63) is 77.6 Å². The number of fused-ring (bicyclic) bond motifs is 1. The second kappa shape index (κ2) is 7.87. The number of carbonyl (C=O) groups excluding carboxylic acids is 1. The number of carbonyl (C=O) groups is 1. The topological polar surface area (TPSA) is 67.5 Å². The van der Waals surface area contributed by atoms with Crippen LogP contribution in [0.15, 0.2) is 65.7 Å². The number of anilines is 1. The average Bonchev–Trinajstić information content (AvgIpc) is 2.69. The minimum Gasteiger partial charge on any atom is -0.379 e. The van der Waals surface area contributed by atoms with Crippen molar-refractivity contribution in [2.24, 2.45) is 10.7 Å². The van der Waals surface area contributed by atoms with Crippen LogP contribution in [0.25, 0.3) is 10.8 Å². The monoisotopic (exact) mass is 407 g/mol. The van der Waals surface area contributed by atoms with Crippen molar-refractivity contribution in [2.45, 2.75) is 25.3 Å². The van der Waals surface area contributed by atoms with Crippen LogP contribution >= 0.6 is 11.8 Å². The molecule has 4 rings (SSSR count). The second-order valence-electron chi connectivity index (χ2n) is 7.38. The van der Waals surface area contributed by atoms with Crippen molar-refractivity contribution in [3.8, 4) is 0 Å². The molecule has 0 fully saturated rings. The predicted octanol–water partition coefficient (Wildman–Crippen LogP) is 4.83. The SMILES string of the molecule is CC1(c2ccc(F)c(NC(=O)Cc3cccc4ccccc34)c2)CCSC(N)=N1. The highest BCUT2D eigenvalue weighted by Crippen LogP contribution is 2.36. The molecule has 29 heavy (non-hydrogen) atoms. The molecule has 148 valence electrons. The van der Waals surface area contributed by atoms with Crippen LogP contribution in [0.5, 0.6) is 0 Å².